The number of likely N-dealkylation sites (tertiary alicyclic amines) is 1. The lowest BCUT2D eigenvalue weighted by Crippen LogP contribution is -2.37. The maximum atomic E-state index is 13.1. The van der Waals surface area contributed by atoms with Crippen LogP contribution >= 0.6 is 34.3 Å². The Balaban J connectivity index is 1.26. The Morgan fingerprint density at radius 3 is 2.62 bits per heavy atom. The molecule has 3 heterocycles. The van der Waals surface area contributed by atoms with Crippen LogP contribution < -0.4 is 5.32 Å². The number of aromatic nitrogens is 1. The Kier molecular flexibility index (Phi) is 5.95. The van der Waals surface area contributed by atoms with E-state index in [2.05, 4.69) is 11.4 Å². The molecule has 162 valence electrons. The second kappa shape index (κ2) is 9.02. The molecule has 0 aliphatic carbocycles. The van der Waals surface area contributed by atoms with Crippen LogP contribution in [0.1, 0.15) is 43.8 Å². The molecule has 2 aromatic carbocycles. The predicted molar refractivity (Wildman–Crippen MR) is 131 cm³/mol. The fourth-order valence-electron chi connectivity index (χ4n) is 3.92. The normalized spacial score (nSPS) is 14.6. The summed E-state index contributed by atoms with van der Waals surface area (Å²) in [6, 6.07) is 16.8. The highest BCUT2D eigenvalue weighted by atomic mass is 35.5. The third-order valence-corrected chi connectivity index (χ3v) is 8.05. The lowest BCUT2D eigenvalue weighted by molar-refractivity contribution is 0.0712. The van der Waals surface area contributed by atoms with Gasteiger partial charge in [0.1, 0.15) is 0 Å². The number of rotatable bonds is 4. The van der Waals surface area contributed by atoms with Gasteiger partial charge in [-0.3, -0.25) is 9.59 Å². The molecule has 0 unspecified atom stereocenters. The van der Waals surface area contributed by atoms with Crippen LogP contribution in [0.15, 0.2) is 60.0 Å². The van der Waals surface area contributed by atoms with Gasteiger partial charge in [0.2, 0.25) is 0 Å². The van der Waals surface area contributed by atoms with E-state index in [1.54, 1.807) is 35.6 Å². The van der Waals surface area contributed by atoms with Crippen molar-refractivity contribution in [2.75, 3.05) is 18.4 Å². The van der Waals surface area contributed by atoms with Gasteiger partial charge in [0.15, 0.2) is 0 Å². The minimum absolute atomic E-state index is 0.0453. The van der Waals surface area contributed by atoms with Crippen LogP contribution in [0.3, 0.4) is 0 Å². The van der Waals surface area contributed by atoms with Gasteiger partial charge in [0.05, 0.1) is 30.8 Å². The number of piperidine rings is 1. The average Bonchev–Trinajstić information content (AvgIpc) is 3.50. The van der Waals surface area contributed by atoms with E-state index >= 15 is 0 Å². The molecule has 1 saturated heterocycles. The summed E-state index contributed by atoms with van der Waals surface area (Å²) in [4.78, 5) is 32.8. The van der Waals surface area contributed by atoms with E-state index < -0.39 is 0 Å². The van der Waals surface area contributed by atoms with Gasteiger partial charge in [-0.1, -0.05) is 29.8 Å². The summed E-state index contributed by atoms with van der Waals surface area (Å²) in [5, 5.41) is 6.22. The molecule has 5 rings (SSSR count). The molecule has 0 spiro atoms. The molecule has 1 aliphatic heterocycles. The van der Waals surface area contributed by atoms with Gasteiger partial charge >= 0.3 is 0 Å². The van der Waals surface area contributed by atoms with Crippen LogP contribution in [-0.4, -0.2) is 34.8 Å². The Morgan fingerprint density at radius 1 is 1.06 bits per heavy atom. The van der Waals surface area contributed by atoms with Crippen molar-refractivity contribution in [1.29, 1.82) is 0 Å². The molecule has 4 aromatic rings. The van der Waals surface area contributed by atoms with Crippen LogP contribution in [0, 0.1) is 0 Å². The quantitative estimate of drug-likeness (QED) is 0.373. The second-order valence-corrected chi connectivity index (χ2v) is 10.1. The highest BCUT2D eigenvalue weighted by Crippen LogP contribution is 2.34. The highest BCUT2D eigenvalue weighted by molar-refractivity contribution is 7.18. The fourth-order valence-corrected chi connectivity index (χ4v) is 5.84. The van der Waals surface area contributed by atoms with Gasteiger partial charge < -0.3 is 10.2 Å². The number of anilines is 1. The van der Waals surface area contributed by atoms with E-state index in [9.17, 15) is 9.59 Å². The first kappa shape index (κ1) is 21.1. The second-order valence-electron chi connectivity index (χ2n) is 7.71. The summed E-state index contributed by atoms with van der Waals surface area (Å²) in [6.07, 6.45) is 1.78. The third kappa shape index (κ3) is 4.28. The molecule has 1 fully saturated rings. The van der Waals surface area contributed by atoms with Crippen molar-refractivity contribution < 1.29 is 9.59 Å². The van der Waals surface area contributed by atoms with Crippen molar-refractivity contribution in [3.8, 4) is 0 Å². The van der Waals surface area contributed by atoms with E-state index in [0.29, 0.717) is 40.2 Å². The van der Waals surface area contributed by atoms with Gasteiger partial charge in [-0.25, -0.2) is 4.98 Å². The number of halogens is 1. The molecule has 0 atom stereocenters. The Hall–Kier alpha value is -2.74. The van der Waals surface area contributed by atoms with Crippen molar-refractivity contribution in [3.05, 3.63) is 80.4 Å². The maximum absolute atomic E-state index is 13.1. The molecular weight excluding hydrogens is 462 g/mol. The molecule has 1 N–H and O–H groups in total. The number of thiazole rings is 1. The fraction of sp³-hybridized carbons (Fsp3) is 0.208. The van der Waals surface area contributed by atoms with Gasteiger partial charge in [-0.15, -0.1) is 22.7 Å². The van der Waals surface area contributed by atoms with Crippen LogP contribution in [0.4, 0.5) is 5.69 Å². The number of thiophene rings is 1. The van der Waals surface area contributed by atoms with Gasteiger partial charge in [0, 0.05) is 24.6 Å². The van der Waals surface area contributed by atoms with E-state index in [-0.39, 0.29) is 11.8 Å². The zero-order chi connectivity index (χ0) is 22.1. The summed E-state index contributed by atoms with van der Waals surface area (Å²) in [7, 11) is 0. The van der Waals surface area contributed by atoms with E-state index in [4.69, 9.17) is 16.6 Å². The summed E-state index contributed by atoms with van der Waals surface area (Å²) >= 11 is 9.37. The maximum Gasteiger partial charge on any atom is 0.265 e. The minimum atomic E-state index is -0.233. The number of fused-ring (bicyclic) bond motifs is 1. The van der Waals surface area contributed by atoms with Gasteiger partial charge in [-0.05, 0) is 54.6 Å². The first-order chi connectivity index (χ1) is 15.6. The van der Waals surface area contributed by atoms with Crippen LogP contribution in [-0.2, 0) is 0 Å². The topological polar surface area (TPSA) is 62.3 Å². The number of hydrogen-bond acceptors (Lipinski definition) is 5. The SMILES string of the molecule is O=C(Nc1cc(C(=O)N2CCC(c3nc4ccccc4s3)CC2)ccc1Cl)c1cccs1. The van der Waals surface area contributed by atoms with Crippen LogP contribution in [0.5, 0.6) is 0 Å². The highest BCUT2D eigenvalue weighted by Gasteiger charge is 2.27. The molecule has 1 aliphatic rings. The molecule has 2 aromatic heterocycles. The molecular formula is C24H20ClN3O2S2. The zero-order valence-electron chi connectivity index (χ0n) is 17.1. The predicted octanol–water partition coefficient (Wildman–Crippen LogP) is 6.28. The van der Waals surface area contributed by atoms with E-state index in [1.807, 2.05) is 34.5 Å². The number of para-hydroxylation sites is 1. The lowest BCUT2D eigenvalue weighted by Gasteiger charge is -2.31. The first-order valence-corrected chi connectivity index (χ1v) is 12.4. The van der Waals surface area contributed by atoms with Crippen molar-refractivity contribution in [2.24, 2.45) is 0 Å². The number of hydrogen-bond donors (Lipinski definition) is 1. The smallest absolute Gasteiger partial charge is 0.265 e. The average molecular weight is 482 g/mol. The summed E-state index contributed by atoms with van der Waals surface area (Å²) in [5.74, 6) is 0.0986. The van der Waals surface area contributed by atoms with E-state index in [1.165, 1.54) is 16.0 Å². The number of nitrogens with one attached hydrogen (secondary N) is 1. The molecule has 32 heavy (non-hydrogen) atoms. The Labute approximate surface area is 198 Å². The number of benzene rings is 2. The van der Waals surface area contributed by atoms with Crippen molar-refractivity contribution >= 4 is 62.0 Å². The van der Waals surface area contributed by atoms with Crippen molar-refractivity contribution in [1.82, 2.24) is 9.88 Å². The largest absolute Gasteiger partial charge is 0.339 e. The number of amides is 2. The number of carbonyl (C=O) groups is 2. The van der Waals surface area contributed by atoms with Crippen LogP contribution in [0.2, 0.25) is 5.02 Å². The monoisotopic (exact) mass is 481 g/mol. The molecule has 0 saturated carbocycles. The molecule has 2 amide bonds. The molecule has 0 radical (unpaired) electrons. The molecule has 8 heteroatoms. The third-order valence-electron chi connectivity index (χ3n) is 5.65. The first-order valence-electron chi connectivity index (χ1n) is 10.4. The summed E-state index contributed by atoms with van der Waals surface area (Å²) in [6.45, 7) is 1.36. The number of nitrogens with zero attached hydrogens (tertiary/aromatic N) is 2. The Morgan fingerprint density at radius 2 is 1.88 bits per heavy atom. The van der Waals surface area contributed by atoms with Crippen molar-refractivity contribution in [3.63, 3.8) is 0 Å². The molecule has 5 nitrogen and oxygen atoms in total. The summed E-state index contributed by atoms with van der Waals surface area (Å²) in [5.41, 5.74) is 2.01. The summed E-state index contributed by atoms with van der Waals surface area (Å²) < 4.78 is 1.21. The Bertz CT molecular complexity index is 1240. The van der Waals surface area contributed by atoms with Gasteiger partial charge in [0.25, 0.3) is 11.8 Å². The number of carbonyl (C=O) groups excluding carboxylic acids is 2. The van der Waals surface area contributed by atoms with E-state index in [0.717, 1.165) is 23.4 Å². The molecule has 0 bridgehead atoms. The minimum Gasteiger partial charge on any atom is -0.339 e. The van der Waals surface area contributed by atoms with Crippen LogP contribution in [0.25, 0.3) is 10.2 Å². The lowest BCUT2D eigenvalue weighted by atomic mass is 9.97. The zero-order valence-corrected chi connectivity index (χ0v) is 19.5. The van der Waals surface area contributed by atoms with Gasteiger partial charge in [-0.2, -0.15) is 0 Å². The van der Waals surface area contributed by atoms with Crippen molar-refractivity contribution in [2.45, 2.75) is 18.8 Å². The standard InChI is InChI=1S/C24H20ClN3O2S2/c25-17-8-7-16(14-19(17)26-22(29)21-6-3-13-31-21)24(30)28-11-9-15(10-12-28)23-27-18-4-1-2-5-20(18)32-23/h1-8,13-15H,9-12H2,(H,26,29).